The highest BCUT2D eigenvalue weighted by Gasteiger charge is 2.47. The van der Waals surface area contributed by atoms with E-state index in [1.807, 2.05) is 53.4 Å². The molecule has 1 saturated carbocycles. The van der Waals surface area contributed by atoms with Crippen LogP contribution in [0.4, 0.5) is 5.69 Å². The Morgan fingerprint density at radius 2 is 1.68 bits per heavy atom. The van der Waals surface area contributed by atoms with Crippen LogP contribution in [0.25, 0.3) is 0 Å². The number of piperidine rings is 1. The Labute approximate surface area is 188 Å². The number of amides is 2. The molecule has 2 aromatic carbocycles. The van der Waals surface area contributed by atoms with E-state index in [-0.39, 0.29) is 11.8 Å². The molecule has 2 aromatic rings. The van der Waals surface area contributed by atoms with Crippen LogP contribution in [0.15, 0.2) is 48.5 Å². The quantitative estimate of drug-likeness (QED) is 0.696. The van der Waals surface area contributed by atoms with Crippen LogP contribution >= 0.6 is 11.6 Å². The van der Waals surface area contributed by atoms with Crippen molar-refractivity contribution in [1.29, 1.82) is 0 Å². The molecule has 1 saturated heterocycles. The van der Waals surface area contributed by atoms with Gasteiger partial charge in [-0.05, 0) is 74.1 Å². The maximum absolute atomic E-state index is 14.0. The van der Waals surface area contributed by atoms with Crippen molar-refractivity contribution in [2.24, 2.45) is 0 Å². The molecule has 0 spiro atoms. The molecule has 1 aliphatic heterocycles. The van der Waals surface area contributed by atoms with E-state index in [1.54, 1.807) is 7.11 Å². The molecule has 0 radical (unpaired) electrons. The third-order valence-electron chi connectivity index (χ3n) is 6.69. The van der Waals surface area contributed by atoms with Crippen LogP contribution in [0.5, 0.6) is 5.75 Å². The molecule has 2 amide bonds. The highest BCUT2D eigenvalue weighted by molar-refractivity contribution is 6.30. The van der Waals surface area contributed by atoms with Gasteiger partial charge in [0.2, 0.25) is 11.8 Å². The molecule has 1 heterocycles. The Bertz CT molecular complexity index is 921. The molecule has 1 atom stereocenters. The number of nitrogens with one attached hydrogen (secondary N) is 1. The minimum absolute atomic E-state index is 0.0851. The number of carbonyl (C=O) groups excluding carboxylic acids is 2. The van der Waals surface area contributed by atoms with Gasteiger partial charge in [-0.2, -0.15) is 0 Å². The SMILES string of the molecule is COc1ccc(NC(=O)[C@H]2CCCCN2C(=O)C2(c3ccc(Cl)cc3)CCCC2)cc1. The fourth-order valence-corrected chi connectivity index (χ4v) is 5.12. The zero-order valence-electron chi connectivity index (χ0n) is 17.9. The van der Waals surface area contributed by atoms with E-state index in [1.165, 1.54) is 0 Å². The zero-order chi connectivity index (χ0) is 21.8. The summed E-state index contributed by atoms with van der Waals surface area (Å²) in [7, 11) is 1.61. The highest BCUT2D eigenvalue weighted by Crippen LogP contribution is 2.44. The van der Waals surface area contributed by atoms with Gasteiger partial charge in [-0.15, -0.1) is 0 Å². The van der Waals surface area contributed by atoms with Crippen LogP contribution < -0.4 is 10.1 Å². The Kier molecular flexibility index (Phi) is 6.51. The molecular formula is C25H29ClN2O3. The fourth-order valence-electron chi connectivity index (χ4n) is 5.00. The molecule has 0 bridgehead atoms. The van der Waals surface area contributed by atoms with Crippen molar-refractivity contribution in [2.45, 2.75) is 56.4 Å². The molecule has 6 heteroatoms. The monoisotopic (exact) mass is 440 g/mol. The molecule has 31 heavy (non-hydrogen) atoms. The molecule has 1 aliphatic carbocycles. The van der Waals surface area contributed by atoms with Crippen molar-refractivity contribution in [1.82, 2.24) is 4.90 Å². The number of hydrogen-bond acceptors (Lipinski definition) is 3. The predicted octanol–water partition coefficient (Wildman–Crippen LogP) is 5.18. The Morgan fingerprint density at radius 3 is 2.32 bits per heavy atom. The first kappa shape index (κ1) is 21.7. The smallest absolute Gasteiger partial charge is 0.247 e. The molecule has 2 fully saturated rings. The number of likely N-dealkylation sites (tertiary alicyclic amines) is 1. The summed E-state index contributed by atoms with van der Waals surface area (Å²) in [4.78, 5) is 29.0. The summed E-state index contributed by atoms with van der Waals surface area (Å²) < 4.78 is 5.18. The molecule has 5 nitrogen and oxygen atoms in total. The van der Waals surface area contributed by atoms with E-state index in [0.717, 1.165) is 49.8 Å². The molecule has 4 rings (SSSR count). The van der Waals surface area contributed by atoms with Gasteiger partial charge in [-0.3, -0.25) is 9.59 Å². The molecule has 2 aliphatic rings. The highest BCUT2D eigenvalue weighted by atomic mass is 35.5. The van der Waals surface area contributed by atoms with Crippen LogP contribution in [0.2, 0.25) is 5.02 Å². The number of benzene rings is 2. The average molecular weight is 441 g/mol. The van der Waals surface area contributed by atoms with Gasteiger partial charge in [0.25, 0.3) is 0 Å². The number of ether oxygens (including phenoxy) is 1. The lowest BCUT2D eigenvalue weighted by Gasteiger charge is -2.41. The summed E-state index contributed by atoms with van der Waals surface area (Å²) in [6, 6.07) is 14.5. The Morgan fingerprint density at radius 1 is 1.00 bits per heavy atom. The Hall–Kier alpha value is -2.53. The second kappa shape index (κ2) is 9.31. The van der Waals surface area contributed by atoms with E-state index in [4.69, 9.17) is 16.3 Å². The minimum Gasteiger partial charge on any atom is -0.497 e. The largest absolute Gasteiger partial charge is 0.497 e. The van der Waals surface area contributed by atoms with Gasteiger partial charge in [-0.25, -0.2) is 0 Å². The first-order valence-electron chi connectivity index (χ1n) is 11.1. The van der Waals surface area contributed by atoms with Crippen molar-refractivity contribution in [3.05, 3.63) is 59.1 Å². The van der Waals surface area contributed by atoms with Crippen molar-refractivity contribution in [2.75, 3.05) is 19.0 Å². The van der Waals surface area contributed by atoms with Crippen molar-refractivity contribution in [3.63, 3.8) is 0 Å². The maximum Gasteiger partial charge on any atom is 0.247 e. The molecule has 164 valence electrons. The van der Waals surface area contributed by atoms with E-state index in [0.29, 0.717) is 23.7 Å². The van der Waals surface area contributed by atoms with Crippen LogP contribution in [0.3, 0.4) is 0 Å². The summed E-state index contributed by atoms with van der Waals surface area (Å²) in [5, 5.41) is 3.66. The number of rotatable bonds is 5. The van der Waals surface area contributed by atoms with E-state index >= 15 is 0 Å². The van der Waals surface area contributed by atoms with Gasteiger partial charge in [0.15, 0.2) is 0 Å². The summed E-state index contributed by atoms with van der Waals surface area (Å²) in [5.41, 5.74) is 1.16. The summed E-state index contributed by atoms with van der Waals surface area (Å²) in [6.07, 6.45) is 6.22. The van der Waals surface area contributed by atoms with Crippen LogP contribution in [0, 0.1) is 0 Å². The Balaban J connectivity index is 1.57. The second-order valence-electron chi connectivity index (χ2n) is 8.52. The van der Waals surface area contributed by atoms with Crippen LogP contribution in [-0.2, 0) is 15.0 Å². The van der Waals surface area contributed by atoms with Crippen LogP contribution in [-0.4, -0.2) is 36.4 Å². The number of halogens is 1. The van der Waals surface area contributed by atoms with Gasteiger partial charge in [0, 0.05) is 17.3 Å². The lowest BCUT2D eigenvalue weighted by atomic mass is 9.76. The molecule has 0 unspecified atom stereocenters. The van der Waals surface area contributed by atoms with Crippen molar-refractivity contribution < 1.29 is 14.3 Å². The zero-order valence-corrected chi connectivity index (χ0v) is 18.7. The van der Waals surface area contributed by atoms with Gasteiger partial charge < -0.3 is 15.0 Å². The fraction of sp³-hybridized carbons (Fsp3) is 0.440. The van der Waals surface area contributed by atoms with Crippen molar-refractivity contribution >= 4 is 29.1 Å². The lowest BCUT2D eigenvalue weighted by molar-refractivity contribution is -0.145. The summed E-state index contributed by atoms with van der Waals surface area (Å²) >= 11 is 6.10. The van der Waals surface area contributed by atoms with Gasteiger partial charge in [0.1, 0.15) is 11.8 Å². The normalized spacial score (nSPS) is 20.3. The first-order valence-corrected chi connectivity index (χ1v) is 11.4. The second-order valence-corrected chi connectivity index (χ2v) is 8.96. The topological polar surface area (TPSA) is 58.6 Å². The standard InChI is InChI=1S/C25H29ClN2O3/c1-31-21-13-11-20(12-14-21)27-23(29)22-6-2-5-17-28(22)24(30)25(15-3-4-16-25)18-7-9-19(26)10-8-18/h7-14,22H,2-6,15-17H2,1H3,(H,27,29)/t22-/m1/s1. The van der Waals surface area contributed by atoms with Crippen LogP contribution in [0.1, 0.15) is 50.5 Å². The predicted molar refractivity (Wildman–Crippen MR) is 123 cm³/mol. The van der Waals surface area contributed by atoms with E-state index in [9.17, 15) is 9.59 Å². The summed E-state index contributed by atoms with van der Waals surface area (Å²) in [5.74, 6) is 0.697. The first-order chi connectivity index (χ1) is 15.0. The summed E-state index contributed by atoms with van der Waals surface area (Å²) in [6.45, 7) is 0.620. The molecule has 1 N–H and O–H groups in total. The minimum atomic E-state index is -0.555. The molecular weight excluding hydrogens is 412 g/mol. The van der Waals surface area contributed by atoms with Gasteiger partial charge in [-0.1, -0.05) is 36.6 Å². The molecule has 0 aromatic heterocycles. The third kappa shape index (κ3) is 4.42. The number of nitrogens with zero attached hydrogens (tertiary/aromatic N) is 1. The van der Waals surface area contributed by atoms with E-state index < -0.39 is 11.5 Å². The van der Waals surface area contributed by atoms with Gasteiger partial charge in [0.05, 0.1) is 12.5 Å². The van der Waals surface area contributed by atoms with Crippen molar-refractivity contribution in [3.8, 4) is 5.75 Å². The average Bonchev–Trinajstić information content (AvgIpc) is 3.30. The number of anilines is 1. The maximum atomic E-state index is 14.0. The third-order valence-corrected chi connectivity index (χ3v) is 6.94. The van der Waals surface area contributed by atoms with E-state index in [2.05, 4.69) is 5.32 Å². The van der Waals surface area contributed by atoms with Gasteiger partial charge >= 0.3 is 0 Å². The number of methoxy groups -OCH3 is 1. The lowest BCUT2D eigenvalue weighted by Crippen LogP contribution is -2.55. The number of hydrogen-bond donors (Lipinski definition) is 1. The number of carbonyl (C=O) groups is 2.